The van der Waals surface area contributed by atoms with Gasteiger partial charge in [-0.15, -0.1) is 0 Å². The van der Waals surface area contributed by atoms with Gasteiger partial charge in [0, 0.05) is 31.3 Å². The number of hydrogen-bond donors (Lipinski definition) is 1. The fourth-order valence-corrected chi connectivity index (χ4v) is 3.82. The molecule has 0 aromatic carbocycles. The number of anilines is 1. The second-order valence-electron chi connectivity index (χ2n) is 5.89. The van der Waals surface area contributed by atoms with E-state index in [1.807, 2.05) is 6.92 Å². The molecule has 2 aliphatic rings. The Bertz CT molecular complexity index is 483. The lowest BCUT2D eigenvalue weighted by atomic mass is 9.79. The molecule has 1 aromatic rings. The molecule has 6 heteroatoms. The molecule has 3 rings (SSSR count). The van der Waals surface area contributed by atoms with Crippen LogP contribution in [-0.4, -0.2) is 46.5 Å². The number of rotatable bonds is 2. The van der Waals surface area contributed by atoms with E-state index in [0.717, 1.165) is 29.7 Å². The molecule has 2 fully saturated rings. The second kappa shape index (κ2) is 5.58. The predicted molar refractivity (Wildman–Crippen MR) is 79.6 cm³/mol. The summed E-state index contributed by atoms with van der Waals surface area (Å²) in [4.78, 5) is 10.7. The second-order valence-corrected chi connectivity index (χ2v) is 6.74. The summed E-state index contributed by atoms with van der Waals surface area (Å²) in [5, 5.41) is 10.7. The highest BCUT2D eigenvalue weighted by Gasteiger charge is 2.44. The van der Waals surface area contributed by atoms with Gasteiger partial charge in [-0.1, -0.05) is 0 Å². The minimum absolute atomic E-state index is 0.126. The van der Waals surface area contributed by atoms with Gasteiger partial charge in [0.15, 0.2) is 0 Å². The van der Waals surface area contributed by atoms with E-state index in [9.17, 15) is 5.11 Å². The van der Waals surface area contributed by atoms with Crippen LogP contribution in [0.3, 0.4) is 0 Å². The standard InChI is InChI=1S/C14H20BrN3O2/c1-14(19)4-6-20-8-10(14)12-3-2-5-18(12)13-11(15)7-16-9-17-13/h7,9-10,12,19H,2-6,8H2,1H3. The molecule has 3 unspecified atom stereocenters. The number of aromatic nitrogens is 2. The highest BCUT2D eigenvalue weighted by atomic mass is 79.9. The van der Waals surface area contributed by atoms with Crippen LogP contribution in [0.25, 0.3) is 0 Å². The number of hydrogen-bond acceptors (Lipinski definition) is 5. The Balaban J connectivity index is 1.87. The van der Waals surface area contributed by atoms with Gasteiger partial charge in [0.05, 0.1) is 16.7 Å². The van der Waals surface area contributed by atoms with Gasteiger partial charge < -0.3 is 14.7 Å². The summed E-state index contributed by atoms with van der Waals surface area (Å²) in [6.07, 6.45) is 6.24. The van der Waals surface area contributed by atoms with Crippen LogP contribution < -0.4 is 4.90 Å². The maximum atomic E-state index is 10.7. The number of aliphatic hydroxyl groups is 1. The maximum Gasteiger partial charge on any atom is 0.146 e. The van der Waals surface area contributed by atoms with Crippen molar-refractivity contribution in [3.63, 3.8) is 0 Å². The maximum absolute atomic E-state index is 10.7. The van der Waals surface area contributed by atoms with Crippen molar-refractivity contribution in [3.05, 3.63) is 17.0 Å². The molecule has 1 aromatic heterocycles. The summed E-state index contributed by atoms with van der Waals surface area (Å²) in [6, 6.07) is 0.275. The van der Waals surface area contributed by atoms with Crippen LogP contribution in [-0.2, 0) is 4.74 Å². The Morgan fingerprint density at radius 1 is 1.55 bits per heavy atom. The van der Waals surface area contributed by atoms with E-state index < -0.39 is 5.60 Å². The average Bonchev–Trinajstić information content (AvgIpc) is 2.87. The first-order valence-corrected chi connectivity index (χ1v) is 7.91. The third kappa shape index (κ3) is 2.56. The highest BCUT2D eigenvalue weighted by Crippen LogP contribution is 2.38. The summed E-state index contributed by atoms with van der Waals surface area (Å²) < 4.78 is 6.52. The lowest BCUT2D eigenvalue weighted by Crippen LogP contribution is -2.52. The molecule has 20 heavy (non-hydrogen) atoms. The fourth-order valence-electron chi connectivity index (χ4n) is 3.37. The van der Waals surface area contributed by atoms with Gasteiger partial charge in [-0.25, -0.2) is 9.97 Å². The van der Waals surface area contributed by atoms with E-state index >= 15 is 0 Å². The van der Waals surface area contributed by atoms with E-state index in [4.69, 9.17) is 4.74 Å². The number of halogens is 1. The Morgan fingerprint density at radius 3 is 3.15 bits per heavy atom. The molecular weight excluding hydrogens is 322 g/mol. The van der Waals surface area contributed by atoms with Gasteiger partial charge in [-0.2, -0.15) is 0 Å². The molecule has 5 nitrogen and oxygen atoms in total. The van der Waals surface area contributed by atoms with Crippen molar-refractivity contribution in [2.45, 2.75) is 37.8 Å². The van der Waals surface area contributed by atoms with Crippen LogP contribution in [0, 0.1) is 5.92 Å². The average molecular weight is 342 g/mol. The molecule has 0 bridgehead atoms. The molecule has 3 atom stereocenters. The zero-order valence-electron chi connectivity index (χ0n) is 11.6. The van der Waals surface area contributed by atoms with Crippen LogP contribution in [0.4, 0.5) is 5.82 Å². The molecule has 0 spiro atoms. The lowest BCUT2D eigenvalue weighted by molar-refractivity contribution is -0.108. The minimum Gasteiger partial charge on any atom is -0.390 e. The van der Waals surface area contributed by atoms with Crippen molar-refractivity contribution < 1.29 is 9.84 Å². The molecule has 1 N–H and O–H groups in total. The van der Waals surface area contributed by atoms with Crippen molar-refractivity contribution in [3.8, 4) is 0 Å². The van der Waals surface area contributed by atoms with Crippen molar-refractivity contribution in [2.75, 3.05) is 24.7 Å². The summed E-state index contributed by atoms with van der Waals surface area (Å²) in [6.45, 7) is 4.17. The molecule has 0 amide bonds. The van der Waals surface area contributed by atoms with Crippen LogP contribution in [0.1, 0.15) is 26.2 Å². The molecule has 0 aliphatic carbocycles. The highest BCUT2D eigenvalue weighted by molar-refractivity contribution is 9.10. The van der Waals surface area contributed by atoms with Gasteiger partial charge in [-0.05, 0) is 42.1 Å². The van der Waals surface area contributed by atoms with Crippen LogP contribution in [0.15, 0.2) is 17.0 Å². The monoisotopic (exact) mass is 341 g/mol. The number of ether oxygens (including phenoxy) is 1. The Hall–Kier alpha value is -0.720. The van der Waals surface area contributed by atoms with E-state index in [-0.39, 0.29) is 12.0 Å². The van der Waals surface area contributed by atoms with Crippen molar-refractivity contribution in [1.29, 1.82) is 0 Å². The van der Waals surface area contributed by atoms with Crippen LogP contribution in [0.5, 0.6) is 0 Å². The molecule has 2 saturated heterocycles. The molecule has 110 valence electrons. The molecule has 2 aliphatic heterocycles. The van der Waals surface area contributed by atoms with Crippen LogP contribution in [0.2, 0.25) is 0 Å². The van der Waals surface area contributed by atoms with Gasteiger partial charge in [-0.3, -0.25) is 0 Å². The largest absolute Gasteiger partial charge is 0.390 e. The first kappa shape index (κ1) is 14.2. The summed E-state index contributed by atoms with van der Waals surface area (Å²) in [5.41, 5.74) is -0.662. The first-order chi connectivity index (χ1) is 9.59. The van der Waals surface area contributed by atoms with Crippen molar-refractivity contribution in [1.82, 2.24) is 9.97 Å². The van der Waals surface area contributed by atoms with E-state index in [1.165, 1.54) is 0 Å². The van der Waals surface area contributed by atoms with E-state index in [2.05, 4.69) is 30.8 Å². The lowest BCUT2D eigenvalue weighted by Gasteiger charge is -2.43. The molecule has 0 saturated carbocycles. The topological polar surface area (TPSA) is 58.5 Å². The van der Waals surface area contributed by atoms with Gasteiger partial charge >= 0.3 is 0 Å². The van der Waals surface area contributed by atoms with Gasteiger partial charge in [0.1, 0.15) is 12.1 Å². The smallest absolute Gasteiger partial charge is 0.146 e. The zero-order valence-corrected chi connectivity index (χ0v) is 13.2. The van der Waals surface area contributed by atoms with Gasteiger partial charge in [0.2, 0.25) is 0 Å². The molecule has 0 radical (unpaired) electrons. The Kier molecular flexibility index (Phi) is 3.97. The van der Waals surface area contributed by atoms with E-state index in [1.54, 1.807) is 12.5 Å². The quantitative estimate of drug-likeness (QED) is 0.891. The molecule has 3 heterocycles. The van der Waals surface area contributed by atoms with Crippen molar-refractivity contribution >= 4 is 21.7 Å². The zero-order chi connectivity index (χ0) is 14.2. The Morgan fingerprint density at radius 2 is 2.40 bits per heavy atom. The minimum atomic E-state index is -0.662. The SMILES string of the molecule is CC1(O)CCOCC1C1CCCN1c1ncncc1Br. The van der Waals surface area contributed by atoms with Gasteiger partial charge in [0.25, 0.3) is 0 Å². The van der Waals surface area contributed by atoms with E-state index in [0.29, 0.717) is 19.6 Å². The third-order valence-electron chi connectivity index (χ3n) is 4.53. The summed E-state index contributed by atoms with van der Waals surface area (Å²) >= 11 is 3.53. The Labute approximate surface area is 127 Å². The predicted octanol–water partition coefficient (Wildman–Crippen LogP) is 2.00. The van der Waals surface area contributed by atoms with Crippen molar-refractivity contribution in [2.24, 2.45) is 5.92 Å². The fraction of sp³-hybridized carbons (Fsp3) is 0.714. The summed E-state index contributed by atoms with van der Waals surface area (Å²) in [5.74, 6) is 1.05. The summed E-state index contributed by atoms with van der Waals surface area (Å²) in [7, 11) is 0. The number of nitrogens with zero attached hydrogens (tertiary/aromatic N) is 3. The molecular formula is C14H20BrN3O2. The van der Waals surface area contributed by atoms with Crippen LogP contribution >= 0.6 is 15.9 Å². The third-order valence-corrected chi connectivity index (χ3v) is 5.09. The normalized spacial score (nSPS) is 34.5. The first-order valence-electron chi connectivity index (χ1n) is 7.12.